The van der Waals surface area contributed by atoms with Crippen LogP contribution in [0.25, 0.3) is 22.1 Å². The standard InChI is InChI=1S/C26H20Cl2O5/c1-15-25(17-4-8-22-24(12-17)31-10-2-9-30-22)26(29)19-6-5-18(13-23(19)33-15)32-14-16-3-7-20(27)21(28)11-16/h3-8,11-13H,2,9-10,14H2,1H3. The molecule has 1 aromatic heterocycles. The Balaban J connectivity index is 1.46. The number of fused-ring (bicyclic) bond motifs is 2. The number of hydrogen-bond acceptors (Lipinski definition) is 5. The van der Waals surface area contributed by atoms with Gasteiger partial charge in [-0.15, -0.1) is 0 Å². The largest absolute Gasteiger partial charge is 0.490 e. The topological polar surface area (TPSA) is 57.9 Å². The molecule has 5 rings (SSSR count). The zero-order valence-electron chi connectivity index (χ0n) is 17.8. The van der Waals surface area contributed by atoms with Gasteiger partial charge in [0.2, 0.25) is 5.43 Å². The molecule has 1 aliphatic heterocycles. The molecule has 7 heteroatoms. The van der Waals surface area contributed by atoms with E-state index in [4.69, 9.17) is 41.8 Å². The van der Waals surface area contributed by atoms with E-state index in [0.717, 1.165) is 17.5 Å². The van der Waals surface area contributed by atoms with Crippen molar-refractivity contribution in [2.45, 2.75) is 20.0 Å². The van der Waals surface area contributed by atoms with Crippen molar-refractivity contribution in [3.8, 4) is 28.4 Å². The van der Waals surface area contributed by atoms with Crippen LogP contribution < -0.4 is 19.6 Å². The number of rotatable bonds is 4. The maximum Gasteiger partial charge on any atom is 0.200 e. The summed E-state index contributed by atoms with van der Waals surface area (Å²) in [7, 11) is 0. The molecular formula is C26H20Cl2O5. The summed E-state index contributed by atoms with van der Waals surface area (Å²) in [5, 5.41) is 1.44. The summed E-state index contributed by atoms with van der Waals surface area (Å²) >= 11 is 12.0. The molecule has 1 aliphatic rings. The molecule has 3 aromatic carbocycles. The molecule has 0 atom stereocenters. The first-order chi connectivity index (χ1) is 16.0. The molecule has 0 fully saturated rings. The van der Waals surface area contributed by atoms with Crippen LogP contribution >= 0.6 is 23.2 Å². The lowest BCUT2D eigenvalue weighted by Gasteiger charge is -2.12. The highest BCUT2D eigenvalue weighted by molar-refractivity contribution is 6.42. The number of halogens is 2. The van der Waals surface area contributed by atoms with Gasteiger partial charge < -0.3 is 18.6 Å². The SMILES string of the molecule is Cc1oc2cc(OCc3ccc(Cl)c(Cl)c3)ccc2c(=O)c1-c1ccc2c(c1)OCCCO2. The van der Waals surface area contributed by atoms with Crippen LogP contribution in [0.15, 0.2) is 63.8 Å². The monoisotopic (exact) mass is 482 g/mol. The quantitative estimate of drug-likeness (QED) is 0.319. The number of hydrogen-bond donors (Lipinski definition) is 0. The molecule has 0 aliphatic carbocycles. The third-order valence-corrected chi connectivity index (χ3v) is 6.20. The van der Waals surface area contributed by atoms with Crippen LogP contribution in [0.5, 0.6) is 17.2 Å². The van der Waals surface area contributed by atoms with E-state index in [1.165, 1.54) is 0 Å². The molecule has 4 aromatic rings. The van der Waals surface area contributed by atoms with Gasteiger partial charge in [0.15, 0.2) is 11.5 Å². The lowest BCUT2D eigenvalue weighted by atomic mass is 10.0. The van der Waals surface area contributed by atoms with Gasteiger partial charge in [0.1, 0.15) is 23.7 Å². The van der Waals surface area contributed by atoms with Crippen molar-refractivity contribution in [1.29, 1.82) is 0 Å². The number of aryl methyl sites for hydroxylation is 1. The maximum absolute atomic E-state index is 13.3. The van der Waals surface area contributed by atoms with E-state index in [0.29, 0.717) is 69.4 Å². The van der Waals surface area contributed by atoms with Crippen molar-refractivity contribution < 1.29 is 18.6 Å². The van der Waals surface area contributed by atoms with Gasteiger partial charge in [-0.25, -0.2) is 0 Å². The zero-order valence-corrected chi connectivity index (χ0v) is 19.3. The van der Waals surface area contributed by atoms with E-state index in [9.17, 15) is 4.79 Å². The third kappa shape index (κ3) is 4.39. The number of benzene rings is 3. The third-order valence-electron chi connectivity index (χ3n) is 5.47. The Labute approximate surface area is 200 Å². The van der Waals surface area contributed by atoms with Crippen molar-refractivity contribution in [1.82, 2.24) is 0 Å². The fourth-order valence-corrected chi connectivity index (χ4v) is 4.14. The Morgan fingerprint density at radius 3 is 2.55 bits per heavy atom. The highest BCUT2D eigenvalue weighted by Gasteiger charge is 2.18. The van der Waals surface area contributed by atoms with Crippen LogP contribution in [-0.2, 0) is 6.61 Å². The van der Waals surface area contributed by atoms with E-state index in [1.54, 1.807) is 37.3 Å². The Kier molecular flexibility index (Phi) is 5.92. The van der Waals surface area contributed by atoms with Crippen molar-refractivity contribution >= 4 is 34.2 Å². The van der Waals surface area contributed by atoms with Gasteiger partial charge in [-0.3, -0.25) is 4.79 Å². The maximum atomic E-state index is 13.3. The van der Waals surface area contributed by atoms with Crippen molar-refractivity contribution in [2.24, 2.45) is 0 Å². The van der Waals surface area contributed by atoms with E-state index in [2.05, 4.69) is 0 Å². The van der Waals surface area contributed by atoms with E-state index in [1.807, 2.05) is 24.3 Å². The lowest BCUT2D eigenvalue weighted by molar-refractivity contribution is 0.297. The molecule has 0 radical (unpaired) electrons. The van der Waals surface area contributed by atoms with Gasteiger partial charge in [-0.1, -0.05) is 35.3 Å². The molecule has 33 heavy (non-hydrogen) atoms. The van der Waals surface area contributed by atoms with Gasteiger partial charge in [0.25, 0.3) is 0 Å². The first-order valence-electron chi connectivity index (χ1n) is 10.5. The number of ether oxygens (including phenoxy) is 3. The summed E-state index contributed by atoms with van der Waals surface area (Å²) in [6.07, 6.45) is 0.816. The van der Waals surface area contributed by atoms with Crippen molar-refractivity contribution in [3.05, 3.63) is 86.2 Å². The lowest BCUT2D eigenvalue weighted by Crippen LogP contribution is -2.08. The second-order valence-electron chi connectivity index (χ2n) is 7.77. The van der Waals surface area contributed by atoms with Gasteiger partial charge in [0, 0.05) is 12.5 Å². The Morgan fingerprint density at radius 2 is 1.73 bits per heavy atom. The molecule has 2 heterocycles. The summed E-state index contributed by atoms with van der Waals surface area (Å²) in [5.41, 5.74) is 2.46. The predicted octanol–water partition coefficient (Wildman–Crippen LogP) is 6.82. The smallest absolute Gasteiger partial charge is 0.200 e. The van der Waals surface area contributed by atoms with Gasteiger partial charge >= 0.3 is 0 Å². The minimum atomic E-state index is -0.112. The van der Waals surface area contributed by atoms with Gasteiger partial charge in [-0.2, -0.15) is 0 Å². The van der Waals surface area contributed by atoms with Crippen LogP contribution in [0.1, 0.15) is 17.7 Å². The molecular weight excluding hydrogens is 463 g/mol. The summed E-state index contributed by atoms with van der Waals surface area (Å²) < 4.78 is 23.4. The van der Waals surface area contributed by atoms with Crippen molar-refractivity contribution in [2.75, 3.05) is 13.2 Å². The Hall–Kier alpha value is -3.15. The molecule has 0 N–H and O–H groups in total. The van der Waals surface area contributed by atoms with Crippen molar-refractivity contribution in [3.63, 3.8) is 0 Å². The van der Waals surface area contributed by atoms with Crippen LogP contribution in [-0.4, -0.2) is 13.2 Å². The Bertz CT molecular complexity index is 1410. The van der Waals surface area contributed by atoms with E-state index >= 15 is 0 Å². The minimum Gasteiger partial charge on any atom is -0.490 e. The summed E-state index contributed by atoms with van der Waals surface area (Å²) in [4.78, 5) is 13.3. The first-order valence-corrected chi connectivity index (χ1v) is 11.3. The molecule has 0 unspecified atom stereocenters. The average molecular weight is 483 g/mol. The van der Waals surface area contributed by atoms with Crippen LogP contribution in [0, 0.1) is 6.92 Å². The minimum absolute atomic E-state index is 0.112. The van der Waals surface area contributed by atoms with Gasteiger partial charge in [0.05, 0.1) is 34.2 Å². The second-order valence-corrected chi connectivity index (χ2v) is 8.58. The molecule has 0 saturated heterocycles. The zero-order chi connectivity index (χ0) is 22.9. The van der Waals surface area contributed by atoms with E-state index < -0.39 is 0 Å². The molecule has 0 bridgehead atoms. The fourth-order valence-electron chi connectivity index (χ4n) is 3.82. The summed E-state index contributed by atoms with van der Waals surface area (Å²) in [6, 6.07) is 16.1. The second kappa shape index (κ2) is 9.00. The molecule has 0 spiro atoms. The molecule has 168 valence electrons. The van der Waals surface area contributed by atoms with E-state index in [-0.39, 0.29) is 5.43 Å². The Morgan fingerprint density at radius 1 is 0.909 bits per heavy atom. The predicted molar refractivity (Wildman–Crippen MR) is 129 cm³/mol. The van der Waals surface area contributed by atoms with Crippen LogP contribution in [0.4, 0.5) is 0 Å². The highest BCUT2D eigenvalue weighted by Crippen LogP contribution is 2.35. The van der Waals surface area contributed by atoms with Crippen LogP contribution in [0.2, 0.25) is 10.0 Å². The fraction of sp³-hybridized carbons (Fsp3) is 0.192. The van der Waals surface area contributed by atoms with Gasteiger partial charge in [-0.05, 0) is 54.4 Å². The average Bonchev–Trinajstić information content (AvgIpc) is 3.05. The summed E-state index contributed by atoms with van der Waals surface area (Å²) in [5.74, 6) is 2.42. The van der Waals surface area contributed by atoms with Crippen LogP contribution in [0.3, 0.4) is 0 Å². The highest BCUT2D eigenvalue weighted by atomic mass is 35.5. The molecule has 0 amide bonds. The summed E-state index contributed by atoms with van der Waals surface area (Å²) in [6.45, 7) is 3.27. The first kappa shape index (κ1) is 21.7. The molecule has 0 saturated carbocycles. The molecule has 5 nitrogen and oxygen atoms in total. The normalized spacial score (nSPS) is 13.1.